The molecule has 8 heteroatoms. The third kappa shape index (κ3) is 5.28. The quantitative estimate of drug-likeness (QED) is 0.529. The van der Waals surface area contributed by atoms with Gasteiger partial charge >= 0.3 is 0 Å². The number of aryl methyl sites for hydroxylation is 2. The zero-order chi connectivity index (χ0) is 23.4. The number of nitrogens with one attached hydrogen (secondary N) is 2. The van der Waals surface area contributed by atoms with E-state index >= 15 is 0 Å². The molecule has 2 N–H and O–H groups in total. The molecule has 170 valence electrons. The Balaban J connectivity index is 1.36. The monoisotopic (exact) mass is 462 g/mol. The van der Waals surface area contributed by atoms with E-state index in [0.717, 1.165) is 29.0 Å². The van der Waals surface area contributed by atoms with Gasteiger partial charge in [-0.25, -0.2) is 4.98 Å². The number of fused-ring (bicyclic) bond motifs is 1. The number of aromatic nitrogens is 1. The minimum atomic E-state index is -0.281. The van der Waals surface area contributed by atoms with Crippen LogP contribution in [0.15, 0.2) is 48.5 Å². The molecule has 0 saturated carbocycles. The van der Waals surface area contributed by atoms with Crippen molar-refractivity contribution >= 4 is 45.6 Å². The van der Waals surface area contributed by atoms with Gasteiger partial charge in [0.05, 0.1) is 17.1 Å². The van der Waals surface area contributed by atoms with E-state index in [4.69, 9.17) is 0 Å². The average molecular weight is 463 g/mol. The van der Waals surface area contributed by atoms with E-state index in [0.29, 0.717) is 16.5 Å². The zero-order valence-electron chi connectivity index (χ0n) is 18.7. The van der Waals surface area contributed by atoms with Crippen molar-refractivity contribution in [3.8, 4) is 11.3 Å². The first-order valence-corrected chi connectivity index (χ1v) is 11.8. The van der Waals surface area contributed by atoms with Crippen LogP contribution in [0.4, 0.5) is 16.5 Å². The van der Waals surface area contributed by atoms with E-state index in [1.165, 1.54) is 21.8 Å². The van der Waals surface area contributed by atoms with E-state index in [1.54, 1.807) is 18.2 Å². The van der Waals surface area contributed by atoms with Gasteiger partial charge < -0.3 is 15.5 Å². The fourth-order valence-electron chi connectivity index (χ4n) is 3.83. The summed E-state index contributed by atoms with van der Waals surface area (Å²) in [7, 11) is 0. The third-order valence-corrected chi connectivity index (χ3v) is 6.33. The Bertz CT molecular complexity index is 1190. The molecule has 0 atom stereocenters. The van der Waals surface area contributed by atoms with Crippen LogP contribution in [0.5, 0.6) is 0 Å². The molecule has 0 aliphatic carbocycles. The van der Waals surface area contributed by atoms with Crippen molar-refractivity contribution in [3.05, 3.63) is 59.0 Å². The number of carbonyl (C=O) groups is 3. The molecule has 7 nitrogen and oxygen atoms in total. The van der Waals surface area contributed by atoms with Crippen LogP contribution in [-0.4, -0.2) is 29.3 Å². The van der Waals surface area contributed by atoms with Crippen LogP contribution in [0.2, 0.25) is 0 Å². The zero-order valence-corrected chi connectivity index (χ0v) is 19.5. The molecule has 0 bridgehead atoms. The number of para-hydroxylation sites is 2. The highest BCUT2D eigenvalue weighted by Gasteiger charge is 2.26. The highest BCUT2D eigenvalue weighted by atomic mass is 32.1. The number of carbonyl (C=O) groups excluding carboxylic acids is 3. The second-order valence-electron chi connectivity index (χ2n) is 7.96. The van der Waals surface area contributed by atoms with Crippen LogP contribution in [0.3, 0.4) is 0 Å². The van der Waals surface area contributed by atoms with E-state index < -0.39 is 0 Å². The maximum atomic E-state index is 12.7. The van der Waals surface area contributed by atoms with E-state index in [9.17, 15) is 14.4 Å². The van der Waals surface area contributed by atoms with Crippen molar-refractivity contribution in [1.82, 2.24) is 4.98 Å². The molecule has 1 aromatic heterocycles. The number of rotatable bonds is 7. The topological polar surface area (TPSA) is 91.4 Å². The van der Waals surface area contributed by atoms with Crippen LogP contribution in [0.25, 0.3) is 11.3 Å². The van der Waals surface area contributed by atoms with E-state index in [-0.39, 0.29) is 37.1 Å². The first-order chi connectivity index (χ1) is 15.9. The van der Waals surface area contributed by atoms with Gasteiger partial charge in [0.1, 0.15) is 6.54 Å². The lowest BCUT2D eigenvalue weighted by molar-refractivity contribution is -0.124. The van der Waals surface area contributed by atoms with Crippen molar-refractivity contribution in [2.75, 3.05) is 22.1 Å². The molecule has 0 fully saturated rings. The van der Waals surface area contributed by atoms with Gasteiger partial charge in [-0.3, -0.25) is 14.4 Å². The summed E-state index contributed by atoms with van der Waals surface area (Å²) in [5.41, 5.74) is 4.40. The van der Waals surface area contributed by atoms with E-state index in [2.05, 4.69) is 46.8 Å². The Kier molecular flexibility index (Phi) is 6.84. The van der Waals surface area contributed by atoms with Crippen molar-refractivity contribution in [3.63, 3.8) is 0 Å². The molecular weight excluding hydrogens is 436 g/mol. The molecule has 0 radical (unpaired) electrons. The second kappa shape index (κ2) is 9.95. The van der Waals surface area contributed by atoms with Gasteiger partial charge in [-0.15, -0.1) is 11.3 Å². The number of hydrogen-bond donors (Lipinski definition) is 2. The van der Waals surface area contributed by atoms with E-state index in [1.807, 2.05) is 13.0 Å². The minimum Gasteiger partial charge on any atom is -0.323 e. The third-order valence-electron chi connectivity index (χ3n) is 5.45. The Morgan fingerprint density at radius 3 is 2.64 bits per heavy atom. The Labute approximate surface area is 196 Å². The molecule has 3 amide bonds. The molecule has 0 unspecified atom stereocenters. The molecule has 0 saturated heterocycles. The first-order valence-electron chi connectivity index (χ1n) is 11.0. The summed E-state index contributed by atoms with van der Waals surface area (Å²) in [5.74, 6) is -0.799. The molecule has 3 aromatic rings. The molecule has 2 heterocycles. The molecule has 1 aliphatic rings. The number of amides is 3. The lowest BCUT2D eigenvalue weighted by Gasteiger charge is -2.29. The number of hydrogen-bond acceptors (Lipinski definition) is 5. The van der Waals surface area contributed by atoms with Crippen LogP contribution in [-0.2, 0) is 20.8 Å². The van der Waals surface area contributed by atoms with Crippen molar-refractivity contribution < 1.29 is 14.4 Å². The Morgan fingerprint density at radius 1 is 1.12 bits per heavy atom. The maximum absolute atomic E-state index is 12.7. The van der Waals surface area contributed by atoms with Gasteiger partial charge in [-0.1, -0.05) is 49.7 Å². The predicted molar refractivity (Wildman–Crippen MR) is 132 cm³/mol. The van der Waals surface area contributed by atoms with Crippen molar-refractivity contribution in [2.45, 2.75) is 39.5 Å². The van der Waals surface area contributed by atoms with Crippen molar-refractivity contribution in [1.29, 1.82) is 0 Å². The van der Waals surface area contributed by atoms with Gasteiger partial charge in [0.25, 0.3) is 0 Å². The van der Waals surface area contributed by atoms with Crippen LogP contribution in [0, 0.1) is 6.92 Å². The molecule has 2 aromatic carbocycles. The standard InChI is InChI=1S/C25H26N4O3S/c1-3-6-17-9-11-18(12-10-17)24-16(2)33-25(28-24)27-21(30)13-14-23(32)29-15-22(31)26-19-7-4-5-8-20(19)29/h4-5,7-12H,3,6,13-15H2,1-2H3,(H,26,31)(H,27,28,30). The van der Waals surface area contributed by atoms with Gasteiger partial charge in [-0.05, 0) is 31.0 Å². The summed E-state index contributed by atoms with van der Waals surface area (Å²) >= 11 is 1.41. The lowest BCUT2D eigenvalue weighted by Crippen LogP contribution is -2.42. The summed E-state index contributed by atoms with van der Waals surface area (Å²) in [6.45, 7) is 4.08. The van der Waals surface area contributed by atoms with Crippen LogP contribution < -0.4 is 15.5 Å². The first kappa shape index (κ1) is 22.7. The molecule has 4 rings (SSSR count). The highest BCUT2D eigenvalue weighted by Crippen LogP contribution is 2.31. The predicted octanol–water partition coefficient (Wildman–Crippen LogP) is 4.78. The molecular formula is C25H26N4O3S. The van der Waals surface area contributed by atoms with Gasteiger partial charge in [-0.2, -0.15) is 0 Å². The molecule has 1 aliphatic heterocycles. The number of benzene rings is 2. The summed E-state index contributed by atoms with van der Waals surface area (Å²) < 4.78 is 0. The van der Waals surface area contributed by atoms with Crippen LogP contribution in [0.1, 0.15) is 36.6 Å². The molecule has 0 spiro atoms. The molecule has 33 heavy (non-hydrogen) atoms. The average Bonchev–Trinajstić information content (AvgIpc) is 3.17. The largest absolute Gasteiger partial charge is 0.323 e. The maximum Gasteiger partial charge on any atom is 0.244 e. The SMILES string of the molecule is CCCc1ccc(-c2nc(NC(=O)CCC(=O)N3CC(=O)Nc4ccccc43)sc2C)cc1. The fourth-order valence-corrected chi connectivity index (χ4v) is 4.68. The normalized spacial score (nSPS) is 12.8. The van der Waals surface area contributed by atoms with Gasteiger partial charge in [0, 0.05) is 23.3 Å². The Hall–Kier alpha value is -3.52. The summed E-state index contributed by atoms with van der Waals surface area (Å²) in [6.07, 6.45) is 2.16. The highest BCUT2D eigenvalue weighted by molar-refractivity contribution is 7.16. The summed E-state index contributed by atoms with van der Waals surface area (Å²) in [5, 5.41) is 6.08. The Morgan fingerprint density at radius 2 is 1.88 bits per heavy atom. The van der Waals surface area contributed by atoms with Crippen molar-refractivity contribution in [2.24, 2.45) is 0 Å². The summed E-state index contributed by atoms with van der Waals surface area (Å²) in [6, 6.07) is 15.5. The number of nitrogens with zero attached hydrogens (tertiary/aromatic N) is 2. The smallest absolute Gasteiger partial charge is 0.244 e. The number of thiazole rings is 1. The fraction of sp³-hybridized carbons (Fsp3) is 0.280. The number of anilines is 3. The van der Waals surface area contributed by atoms with Crippen LogP contribution >= 0.6 is 11.3 Å². The minimum absolute atomic E-state index is 0.00352. The van der Waals surface area contributed by atoms with Gasteiger partial charge in [0.15, 0.2) is 5.13 Å². The van der Waals surface area contributed by atoms with Gasteiger partial charge in [0.2, 0.25) is 17.7 Å². The summed E-state index contributed by atoms with van der Waals surface area (Å²) in [4.78, 5) is 44.2. The lowest BCUT2D eigenvalue weighted by atomic mass is 10.1. The second-order valence-corrected chi connectivity index (χ2v) is 9.17.